The van der Waals surface area contributed by atoms with Crippen LogP contribution in [0.1, 0.15) is 41.7 Å². The number of anilines is 2. The van der Waals surface area contributed by atoms with E-state index in [4.69, 9.17) is 20.9 Å². The van der Waals surface area contributed by atoms with Crippen molar-refractivity contribution in [2.75, 3.05) is 11.5 Å². The predicted octanol–water partition coefficient (Wildman–Crippen LogP) is 3.37. The van der Waals surface area contributed by atoms with Crippen LogP contribution in [0.25, 0.3) is 0 Å². The molecule has 4 rings (SSSR count). The summed E-state index contributed by atoms with van der Waals surface area (Å²) >= 11 is 0. The molecule has 1 aliphatic heterocycles. The van der Waals surface area contributed by atoms with E-state index < -0.39 is 58.5 Å². The quantitative estimate of drug-likeness (QED) is 0.184. The van der Waals surface area contributed by atoms with Crippen molar-refractivity contribution >= 4 is 44.4 Å². The number of ether oxygens (including phenoxy) is 2. The van der Waals surface area contributed by atoms with Gasteiger partial charge in [-0.1, -0.05) is 37.6 Å². The van der Waals surface area contributed by atoms with Crippen molar-refractivity contribution in [3.8, 4) is 11.5 Å². The number of benzene rings is 3. The van der Waals surface area contributed by atoms with E-state index in [1.54, 1.807) is 25.1 Å². The van der Waals surface area contributed by atoms with Crippen molar-refractivity contribution in [3.63, 3.8) is 0 Å². The topological polar surface area (TPSA) is 213 Å². The number of aldehydes is 1. The second-order valence-corrected chi connectivity index (χ2v) is 12.1. The number of fused-ring (bicyclic) bond motifs is 2. The molecule has 0 fully saturated rings. The van der Waals surface area contributed by atoms with E-state index in [1.807, 2.05) is 20.8 Å². The number of aryl methyl sites for hydroxylation is 2. The Morgan fingerprint density at radius 2 is 1.25 bits per heavy atom. The highest BCUT2D eigenvalue weighted by Crippen LogP contribution is 2.57. The second kappa shape index (κ2) is 10.9. The van der Waals surface area contributed by atoms with Crippen LogP contribution >= 0.6 is 0 Å². The van der Waals surface area contributed by atoms with Crippen LogP contribution in [0.15, 0.2) is 52.3 Å². The molecule has 0 saturated carbocycles. The number of carbonyl (C=O) groups is 2. The predicted molar refractivity (Wildman–Crippen MR) is 145 cm³/mol. The molecular weight excluding hydrogens is 564 g/mol. The fourth-order valence-corrected chi connectivity index (χ4v) is 5.96. The number of hydrogen-bond acceptors (Lipinski definition) is 10. The summed E-state index contributed by atoms with van der Waals surface area (Å²) in [5.74, 6) is -0.996. The van der Waals surface area contributed by atoms with Crippen LogP contribution in [0.2, 0.25) is 0 Å². The molecule has 3 aromatic carbocycles. The minimum atomic E-state index is -5.04. The standard InChI is InChI=1S/C22H20N2O9S2.C4H8O/c1-11-3-4-13(12(2)9-11)22(32-10-25)14-5-7-16(23)20(34(26,27)28)18(14)33-19-15(22)6-8-17(24)21(19)35(29,30)31;1-4(2)3-5/h3-10H,23-24H2,1-2H3,(H,26,27,28)(H,29,30,31);3-4H,1-2H3. The molecule has 0 bridgehead atoms. The normalized spacial score (nSPS) is 13.7. The minimum absolute atomic E-state index is 0.0723. The average Bonchev–Trinajstić information content (AvgIpc) is 2.82. The molecule has 6 N–H and O–H groups in total. The van der Waals surface area contributed by atoms with Crippen molar-refractivity contribution in [2.24, 2.45) is 5.92 Å². The molecule has 1 heterocycles. The third kappa shape index (κ3) is 5.38. The zero-order chi connectivity index (χ0) is 30.2. The Balaban J connectivity index is 0.000000810. The molecular formula is C26H28N2O10S2. The van der Waals surface area contributed by atoms with Gasteiger partial charge in [-0.25, -0.2) is 0 Å². The summed E-state index contributed by atoms with van der Waals surface area (Å²) in [7, 11) is -10.1. The summed E-state index contributed by atoms with van der Waals surface area (Å²) in [6.45, 7) is 7.34. The van der Waals surface area contributed by atoms with Crippen molar-refractivity contribution in [3.05, 3.63) is 70.3 Å². The Hall–Kier alpha value is -3.98. The van der Waals surface area contributed by atoms with Gasteiger partial charge in [0.25, 0.3) is 26.7 Å². The van der Waals surface area contributed by atoms with Crippen LogP contribution in [-0.4, -0.2) is 38.7 Å². The Kier molecular flexibility index (Phi) is 8.32. The monoisotopic (exact) mass is 592 g/mol. The van der Waals surface area contributed by atoms with Gasteiger partial charge in [0.1, 0.15) is 6.29 Å². The van der Waals surface area contributed by atoms with Gasteiger partial charge in [-0.05, 0) is 43.7 Å². The van der Waals surface area contributed by atoms with Gasteiger partial charge in [-0.15, -0.1) is 0 Å². The molecule has 40 heavy (non-hydrogen) atoms. The summed E-state index contributed by atoms with van der Waals surface area (Å²) in [4.78, 5) is 19.6. The van der Waals surface area contributed by atoms with Gasteiger partial charge >= 0.3 is 0 Å². The molecule has 0 amide bonds. The van der Waals surface area contributed by atoms with Gasteiger partial charge < -0.3 is 25.7 Å². The molecule has 0 unspecified atom stereocenters. The number of carbonyl (C=O) groups excluding carboxylic acids is 2. The molecule has 0 aliphatic carbocycles. The third-order valence-corrected chi connectivity index (χ3v) is 7.90. The number of hydrogen-bond donors (Lipinski definition) is 4. The van der Waals surface area contributed by atoms with Gasteiger partial charge in [0, 0.05) is 22.6 Å². The van der Waals surface area contributed by atoms with Crippen molar-refractivity contribution in [2.45, 2.75) is 43.1 Å². The summed E-state index contributed by atoms with van der Waals surface area (Å²) in [6.07, 6.45) is 0.917. The first-order chi connectivity index (χ1) is 18.5. The van der Waals surface area contributed by atoms with Crippen molar-refractivity contribution in [1.29, 1.82) is 0 Å². The van der Waals surface area contributed by atoms with Crippen LogP contribution < -0.4 is 16.2 Å². The second-order valence-electron chi connectivity index (χ2n) is 9.37. The number of rotatable bonds is 6. The molecule has 0 spiro atoms. The zero-order valence-corrected chi connectivity index (χ0v) is 23.5. The molecule has 14 heteroatoms. The Morgan fingerprint density at radius 3 is 1.60 bits per heavy atom. The molecule has 0 saturated heterocycles. The Morgan fingerprint density at radius 1 is 0.825 bits per heavy atom. The summed E-state index contributed by atoms with van der Waals surface area (Å²) in [6, 6.07) is 10.1. The van der Waals surface area contributed by atoms with Crippen molar-refractivity contribution in [1.82, 2.24) is 0 Å². The van der Waals surface area contributed by atoms with Crippen LogP contribution in [-0.2, 0) is 40.2 Å². The van der Waals surface area contributed by atoms with Crippen LogP contribution in [0.4, 0.5) is 11.4 Å². The first-order valence-corrected chi connectivity index (χ1v) is 14.5. The smallest absolute Gasteiger partial charge is 0.300 e. The molecule has 0 aromatic heterocycles. The molecule has 1 aliphatic rings. The van der Waals surface area contributed by atoms with Crippen LogP contribution in [0.5, 0.6) is 11.5 Å². The fraction of sp³-hybridized carbons (Fsp3) is 0.231. The molecule has 0 atom stereocenters. The summed E-state index contributed by atoms with van der Waals surface area (Å²) < 4.78 is 80.4. The van der Waals surface area contributed by atoms with Gasteiger partial charge in [0.15, 0.2) is 26.9 Å². The SMILES string of the molecule is CC(C)C=O.Cc1ccc(C2(OC=O)c3ccc(N)c(S(=O)(=O)O)c3Oc3c2ccc(N)c3S(=O)(=O)O)c(C)c1. The maximum atomic E-state index is 12.3. The maximum absolute atomic E-state index is 12.3. The largest absolute Gasteiger partial charge is 0.453 e. The van der Waals surface area contributed by atoms with E-state index >= 15 is 0 Å². The van der Waals surface area contributed by atoms with Gasteiger partial charge in [-0.2, -0.15) is 16.8 Å². The lowest BCUT2D eigenvalue weighted by molar-refractivity contribution is -0.138. The highest BCUT2D eigenvalue weighted by Gasteiger charge is 2.50. The maximum Gasteiger partial charge on any atom is 0.300 e. The summed E-state index contributed by atoms with van der Waals surface area (Å²) in [5.41, 5.74) is 10.4. The first-order valence-electron chi connectivity index (χ1n) is 11.6. The van der Waals surface area contributed by atoms with Gasteiger partial charge in [-0.3, -0.25) is 13.9 Å². The Bertz CT molecular complexity index is 1630. The highest BCUT2D eigenvalue weighted by molar-refractivity contribution is 7.86. The molecule has 3 aromatic rings. The van der Waals surface area contributed by atoms with E-state index in [0.717, 1.165) is 11.8 Å². The highest BCUT2D eigenvalue weighted by atomic mass is 32.2. The average molecular weight is 593 g/mol. The van der Waals surface area contributed by atoms with E-state index in [0.29, 0.717) is 11.1 Å². The van der Waals surface area contributed by atoms with E-state index in [2.05, 4.69) is 0 Å². The Labute approximate surface area is 231 Å². The van der Waals surface area contributed by atoms with E-state index in [9.17, 15) is 35.5 Å². The lowest BCUT2D eigenvalue weighted by atomic mass is 9.75. The van der Waals surface area contributed by atoms with E-state index in [1.165, 1.54) is 24.3 Å². The summed E-state index contributed by atoms with van der Waals surface area (Å²) in [5, 5.41) is 0. The molecule has 12 nitrogen and oxygen atoms in total. The first kappa shape index (κ1) is 30.6. The molecule has 214 valence electrons. The third-order valence-electron chi connectivity index (χ3n) is 6.02. The fourth-order valence-electron chi connectivity index (χ4n) is 4.45. The molecule has 0 radical (unpaired) electrons. The lowest BCUT2D eigenvalue weighted by Gasteiger charge is -2.40. The minimum Gasteiger partial charge on any atom is -0.453 e. The zero-order valence-electron chi connectivity index (χ0n) is 21.9. The van der Waals surface area contributed by atoms with Crippen molar-refractivity contribution < 1.29 is 45.0 Å². The number of nitrogen functional groups attached to an aromatic ring is 2. The van der Waals surface area contributed by atoms with Crippen LogP contribution in [0, 0.1) is 19.8 Å². The van der Waals surface area contributed by atoms with Crippen LogP contribution in [0.3, 0.4) is 0 Å². The van der Waals surface area contributed by atoms with E-state index in [-0.39, 0.29) is 23.5 Å². The van der Waals surface area contributed by atoms with Gasteiger partial charge in [0.05, 0.1) is 11.4 Å². The number of nitrogens with two attached hydrogens (primary N) is 2. The van der Waals surface area contributed by atoms with Gasteiger partial charge in [0.2, 0.25) is 0 Å². The lowest BCUT2D eigenvalue weighted by Crippen LogP contribution is -2.37.